The fraction of sp³-hybridized carbons (Fsp3) is 0.235. The zero-order chi connectivity index (χ0) is 17.6. The molecule has 0 bridgehead atoms. The number of rotatable bonds is 7. The molecular formula is C17H20N2O4S. The molecule has 0 spiro atoms. The molecule has 0 aliphatic carbocycles. The number of carbonyl (C=O) groups is 1. The van der Waals surface area contributed by atoms with Gasteiger partial charge in [0, 0.05) is 6.92 Å². The van der Waals surface area contributed by atoms with Gasteiger partial charge in [-0.05, 0) is 30.2 Å². The van der Waals surface area contributed by atoms with Gasteiger partial charge in [0.25, 0.3) is 0 Å². The highest BCUT2D eigenvalue weighted by atomic mass is 32.2. The molecule has 2 aromatic carbocycles. The average molecular weight is 348 g/mol. The maximum absolute atomic E-state index is 12.2. The van der Waals surface area contributed by atoms with Crippen molar-refractivity contribution in [2.24, 2.45) is 0 Å². The topological polar surface area (TPSA) is 84.5 Å². The largest absolute Gasteiger partial charge is 0.495 e. The van der Waals surface area contributed by atoms with E-state index in [1.165, 1.54) is 20.1 Å². The number of hydrogen-bond acceptors (Lipinski definition) is 4. The molecule has 2 rings (SSSR count). The molecule has 7 heteroatoms. The SMILES string of the molecule is COc1ccc(NS(=O)(=O)CCc2ccccc2)cc1NC(C)=O. The van der Waals surface area contributed by atoms with E-state index in [1.807, 2.05) is 30.3 Å². The van der Waals surface area contributed by atoms with Gasteiger partial charge in [0.15, 0.2) is 0 Å². The monoisotopic (exact) mass is 348 g/mol. The van der Waals surface area contributed by atoms with Crippen molar-refractivity contribution in [3.8, 4) is 5.75 Å². The molecule has 0 aromatic heterocycles. The van der Waals surface area contributed by atoms with E-state index in [-0.39, 0.29) is 11.7 Å². The van der Waals surface area contributed by atoms with Crippen LogP contribution in [0.3, 0.4) is 0 Å². The van der Waals surface area contributed by atoms with Crippen molar-refractivity contribution in [2.45, 2.75) is 13.3 Å². The Morgan fingerprint density at radius 2 is 1.83 bits per heavy atom. The van der Waals surface area contributed by atoms with Crippen LogP contribution in [0.1, 0.15) is 12.5 Å². The lowest BCUT2D eigenvalue weighted by molar-refractivity contribution is -0.114. The molecular weight excluding hydrogens is 328 g/mol. The third-order valence-electron chi connectivity index (χ3n) is 3.29. The van der Waals surface area contributed by atoms with Crippen molar-refractivity contribution in [3.63, 3.8) is 0 Å². The number of benzene rings is 2. The van der Waals surface area contributed by atoms with Gasteiger partial charge in [-0.2, -0.15) is 0 Å². The zero-order valence-corrected chi connectivity index (χ0v) is 14.4. The standard InChI is InChI=1S/C17H20N2O4S/c1-13(20)18-16-12-15(8-9-17(16)23-2)19-24(21,22)11-10-14-6-4-3-5-7-14/h3-9,12,19H,10-11H2,1-2H3,(H,18,20). The average Bonchev–Trinajstić information content (AvgIpc) is 2.53. The Kier molecular flexibility index (Phi) is 5.81. The summed E-state index contributed by atoms with van der Waals surface area (Å²) >= 11 is 0. The van der Waals surface area contributed by atoms with Crippen molar-refractivity contribution < 1.29 is 17.9 Å². The molecule has 6 nitrogen and oxygen atoms in total. The second kappa shape index (κ2) is 7.83. The molecule has 0 saturated heterocycles. The van der Waals surface area contributed by atoms with Gasteiger partial charge in [-0.3, -0.25) is 9.52 Å². The maximum atomic E-state index is 12.2. The lowest BCUT2D eigenvalue weighted by Crippen LogP contribution is -2.18. The smallest absolute Gasteiger partial charge is 0.233 e. The second-order valence-corrected chi connectivity index (χ2v) is 7.09. The van der Waals surface area contributed by atoms with Crippen molar-refractivity contribution >= 4 is 27.3 Å². The van der Waals surface area contributed by atoms with Gasteiger partial charge in [-0.1, -0.05) is 30.3 Å². The third-order valence-corrected chi connectivity index (χ3v) is 4.57. The molecule has 0 saturated carbocycles. The Hall–Kier alpha value is -2.54. The van der Waals surface area contributed by atoms with E-state index in [2.05, 4.69) is 10.0 Å². The molecule has 0 radical (unpaired) electrons. The predicted molar refractivity (Wildman–Crippen MR) is 94.9 cm³/mol. The van der Waals surface area contributed by atoms with Crippen LogP contribution < -0.4 is 14.8 Å². The number of ether oxygens (including phenoxy) is 1. The molecule has 128 valence electrons. The fourth-order valence-corrected chi connectivity index (χ4v) is 3.28. The molecule has 2 aromatic rings. The van der Waals surface area contributed by atoms with E-state index in [0.29, 0.717) is 23.5 Å². The van der Waals surface area contributed by atoms with Crippen LogP contribution in [0, 0.1) is 0 Å². The second-order valence-electron chi connectivity index (χ2n) is 5.25. The highest BCUT2D eigenvalue weighted by Crippen LogP contribution is 2.28. The van der Waals surface area contributed by atoms with Crippen LogP contribution in [0.4, 0.5) is 11.4 Å². The number of nitrogens with one attached hydrogen (secondary N) is 2. The minimum Gasteiger partial charge on any atom is -0.495 e. The van der Waals surface area contributed by atoms with Crippen molar-refractivity contribution in [2.75, 3.05) is 22.9 Å². The number of anilines is 2. The summed E-state index contributed by atoms with van der Waals surface area (Å²) < 4.78 is 32.1. The van der Waals surface area contributed by atoms with Crippen LogP contribution in [0.15, 0.2) is 48.5 Å². The Labute approximate surface area is 141 Å². The maximum Gasteiger partial charge on any atom is 0.233 e. The summed E-state index contributed by atoms with van der Waals surface area (Å²) in [4.78, 5) is 11.2. The van der Waals surface area contributed by atoms with Gasteiger partial charge in [-0.25, -0.2) is 8.42 Å². The van der Waals surface area contributed by atoms with Gasteiger partial charge in [0.2, 0.25) is 15.9 Å². The van der Waals surface area contributed by atoms with Gasteiger partial charge in [-0.15, -0.1) is 0 Å². The van der Waals surface area contributed by atoms with Crippen LogP contribution in [0.5, 0.6) is 5.75 Å². The van der Waals surface area contributed by atoms with Gasteiger partial charge in [0.1, 0.15) is 5.75 Å². The Bertz CT molecular complexity index is 805. The summed E-state index contributed by atoms with van der Waals surface area (Å²) in [5, 5.41) is 2.61. The van der Waals surface area contributed by atoms with E-state index in [0.717, 1.165) is 5.56 Å². The third kappa shape index (κ3) is 5.27. The molecule has 0 heterocycles. The zero-order valence-electron chi connectivity index (χ0n) is 13.6. The first-order chi connectivity index (χ1) is 11.4. The first kappa shape index (κ1) is 17.8. The van der Waals surface area contributed by atoms with E-state index >= 15 is 0 Å². The minimum absolute atomic E-state index is 0.0293. The molecule has 24 heavy (non-hydrogen) atoms. The van der Waals surface area contributed by atoms with Gasteiger partial charge >= 0.3 is 0 Å². The van der Waals surface area contributed by atoms with E-state index in [1.54, 1.807) is 12.1 Å². The summed E-state index contributed by atoms with van der Waals surface area (Å²) in [6.45, 7) is 1.37. The first-order valence-corrected chi connectivity index (χ1v) is 9.05. The highest BCUT2D eigenvalue weighted by molar-refractivity contribution is 7.92. The summed E-state index contributed by atoms with van der Waals surface area (Å²) in [5.74, 6) is 0.160. The first-order valence-electron chi connectivity index (χ1n) is 7.39. The van der Waals surface area contributed by atoms with Crippen LogP contribution >= 0.6 is 0 Å². The summed E-state index contributed by atoms with van der Waals surface area (Å²) in [6.07, 6.45) is 0.422. The molecule has 0 aliphatic rings. The van der Waals surface area contributed by atoms with Crippen LogP contribution in [-0.2, 0) is 21.2 Å². The number of sulfonamides is 1. The van der Waals surface area contributed by atoms with Crippen molar-refractivity contribution in [1.82, 2.24) is 0 Å². The molecule has 2 N–H and O–H groups in total. The minimum atomic E-state index is -3.50. The number of hydrogen-bond donors (Lipinski definition) is 2. The van der Waals surface area contributed by atoms with E-state index in [9.17, 15) is 13.2 Å². The molecule has 0 aliphatic heterocycles. The van der Waals surface area contributed by atoms with Crippen LogP contribution in [0.25, 0.3) is 0 Å². The number of methoxy groups -OCH3 is 1. The van der Waals surface area contributed by atoms with Crippen molar-refractivity contribution in [3.05, 3.63) is 54.1 Å². The van der Waals surface area contributed by atoms with Crippen LogP contribution in [-0.4, -0.2) is 27.2 Å². The normalized spacial score (nSPS) is 10.9. The summed E-state index contributed by atoms with van der Waals surface area (Å²) in [5.41, 5.74) is 1.73. The molecule has 0 fully saturated rings. The highest BCUT2D eigenvalue weighted by Gasteiger charge is 2.13. The van der Waals surface area contributed by atoms with Crippen molar-refractivity contribution in [1.29, 1.82) is 0 Å². The van der Waals surface area contributed by atoms with E-state index < -0.39 is 10.0 Å². The summed E-state index contributed by atoms with van der Waals surface area (Å²) in [7, 11) is -2.02. The quantitative estimate of drug-likeness (QED) is 0.805. The van der Waals surface area contributed by atoms with E-state index in [4.69, 9.17) is 4.74 Å². The molecule has 1 amide bonds. The number of aryl methyl sites for hydroxylation is 1. The van der Waals surface area contributed by atoms with Gasteiger partial charge < -0.3 is 10.1 Å². The van der Waals surface area contributed by atoms with Gasteiger partial charge in [0.05, 0.1) is 24.2 Å². The lowest BCUT2D eigenvalue weighted by Gasteiger charge is -2.13. The fourth-order valence-electron chi connectivity index (χ4n) is 2.19. The Morgan fingerprint density at radius 1 is 1.12 bits per heavy atom. The predicted octanol–water partition coefficient (Wildman–Crippen LogP) is 2.64. The van der Waals surface area contributed by atoms with Crippen LogP contribution in [0.2, 0.25) is 0 Å². The number of amides is 1. The lowest BCUT2D eigenvalue weighted by atomic mass is 10.2. The Morgan fingerprint density at radius 3 is 2.46 bits per heavy atom. The molecule has 0 atom stereocenters. The Balaban J connectivity index is 2.09. The molecule has 0 unspecified atom stereocenters. The number of carbonyl (C=O) groups excluding carboxylic acids is 1. The summed E-state index contributed by atoms with van der Waals surface area (Å²) in [6, 6.07) is 14.1.